The molecule has 2 heteroatoms. The fourth-order valence-electron chi connectivity index (χ4n) is 0.531. The van der Waals surface area contributed by atoms with E-state index in [1.54, 1.807) is 0 Å². The quantitative estimate of drug-likeness (QED) is 0.390. The second kappa shape index (κ2) is 1.97. The van der Waals surface area contributed by atoms with Gasteiger partial charge in [-0.25, -0.2) is 0 Å². The van der Waals surface area contributed by atoms with Crippen molar-refractivity contribution in [3.05, 3.63) is 11.6 Å². The molecule has 1 unspecified atom stereocenters. The molecule has 40 valence electrons. The van der Waals surface area contributed by atoms with Gasteiger partial charge in [-0.15, -0.1) is 0 Å². The van der Waals surface area contributed by atoms with Crippen molar-refractivity contribution >= 4 is 15.9 Å². The van der Waals surface area contributed by atoms with Crippen LogP contribution in [0.5, 0.6) is 0 Å². The summed E-state index contributed by atoms with van der Waals surface area (Å²) >= 11 is 3.28. The van der Waals surface area contributed by atoms with Crippen molar-refractivity contribution in [3.8, 4) is 0 Å². The fraction of sp³-hybridized carbons (Fsp3) is 0.600. The smallest absolute Gasteiger partial charge is 0.131 e. The monoisotopic (exact) mass is 162 g/mol. The number of halogens is 1. The molecule has 0 radical (unpaired) electrons. The number of hydrogen-bond donors (Lipinski definition) is 0. The molecular formula is C5H7BrO. The first-order chi connectivity index (χ1) is 3.29. The van der Waals surface area contributed by atoms with Gasteiger partial charge in [-0.05, 0) is 18.6 Å². The number of rotatable bonds is 0. The summed E-state index contributed by atoms with van der Waals surface area (Å²) < 4.78 is 5.09. The summed E-state index contributed by atoms with van der Waals surface area (Å²) in [5, 5.41) is 0.174. The maximum absolute atomic E-state index is 5.09. The third kappa shape index (κ3) is 1.28. The molecule has 0 aromatic heterocycles. The normalized spacial score (nSPS) is 30.6. The lowest BCUT2D eigenvalue weighted by Crippen LogP contribution is -1.90. The molecule has 1 rings (SSSR count). The number of ether oxygens (including phenoxy) is 1. The standard InChI is InChI=1S/C5H7BrO/c1-4-2-5(6)7-3-4/h2,5H,3H2,1H3. The second-order valence-corrected chi connectivity index (χ2v) is 2.58. The van der Waals surface area contributed by atoms with Gasteiger partial charge in [0.1, 0.15) is 5.01 Å². The molecule has 0 aromatic carbocycles. The van der Waals surface area contributed by atoms with Crippen molar-refractivity contribution in [3.63, 3.8) is 0 Å². The average Bonchev–Trinajstić information content (AvgIpc) is 1.87. The third-order valence-electron chi connectivity index (χ3n) is 0.886. The Bertz CT molecular complexity index is 98.3. The molecule has 0 fully saturated rings. The molecule has 0 N–H and O–H groups in total. The van der Waals surface area contributed by atoms with Gasteiger partial charge in [-0.1, -0.05) is 15.9 Å². The van der Waals surface area contributed by atoms with E-state index >= 15 is 0 Å². The predicted octanol–water partition coefficient (Wildman–Crippen LogP) is 1.68. The molecule has 0 saturated carbocycles. The van der Waals surface area contributed by atoms with Crippen molar-refractivity contribution in [2.24, 2.45) is 0 Å². The van der Waals surface area contributed by atoms with E-state index in [-0.39, 0.29) is 5.01 Å². The molecule has 0 aliphatic carbocycles. The first kappa shape index (κ1) is 5.32. The minimum Gasteiger partial charge on any atom is -0.359 e. The third-order valence-corrected chi connectivity index (χ3v) is 1.41. The second-order valence-electron chi connectivity index (χ2n) is 1.68. The van der Waals surface area contributed by atoms with Crippen LogP contribution in [0, 0.1) is 0 Å². The van der Waals surface area contributed by atoms with Crippen LogP contribution in [0.25, 0.3) is 0 Å². The zero-order chi connectivity index (χ0) is 5.28. The van der Waals surface area contributed by atoms with Crippen LogP contribution in [0.2, 0.25) is 0 Å². The van der Waals surface area contributed by atoms with E-state index in [2.05, 4.69) is 28.9 Å². The highest BCUT2D eigenvalue weighted by atomic mass is 79.9. The van der Waals surface area contributed by atoms with Gasteiger partial charge in [-0.2, -0.15) is 0 Å². The zero-order valence-corrected chi connectivity index (χ0v) is 5.73. The van der Waals surface area contributed by atoms with Crippen molar-refractivity contribution in [1.82, 2.24) is 0 Å². The number of alkyl halides is 1. The van der Waals surface area contributed by atoms with Crippen LogP contribution in [0.4, 0.5) is 0 Å². The lowest BCUT2D eigenvalue weighted by Gasteiger charge is -1.92. The lowest BCUT2D eigenvalue weighted by atomic mass is 10.3. The first-order valence-electron chi connectivity index (χ1n) is 2.22. The highest BCUT2D eigenvalue weighted by molar-refractivity contribution is 9.09. The van der Waals surface area contributed by atoms with Gasteiger partial charge in [-0.3, -0.25) is 0 Å². The summed E-state index contributed by atoms with van der Waals surface area (Å²) in [6.45, 7) is 2.84. The topological polar surface area (TPSA) is 9.23 Å². The molecule has 7 heavy (non-hydrogen) atoms. The molecule has 1 heterocycles. The van der Waals surface area contributed by atoms with Crippen LogP contribution < -0.4 is 0 Å². The van der Waals surface area contributed by atoms with Crippen molar-refractivity contribution in [1.29, 1.82) is 0 Å². The van der Waals surface area contributed by atoms with Gasteiger partial charge in [0, 0.05) is 0 Å². The summed E-state index contributed by atoms with van der Waals surface area (Å²) in [5.74, 6) is 0. The van der Waals surface area contributed by atoms with Crippen LogP contribution in [0.1, 0.15) is 6.92 Å². The van der Waals surface area contributed by atoms with Gasteiger partial charge in [0.05, 0.1) is 6.61 Å². The number of hydrogen-bond acceptors (Lipinski definition) is 1. The van der Waals surface area contributed by atoms with E-state index in [1.165, 1.54) is 5.57 Å². The Hall–Kier alpha value is 0.180. The minimum absolute atomic E-state index is 0.174. The maximum atomic E-state index is 5.09. The Kier molecular flexibility index (Phi) is 1.50. The Morgan fingerprint density at radius 2 is 2.71 bits per heavy atom. The van der Waals surface area contributed by atoms with E-state index in [4.69, 9.17) is 4.74 Å². The summed E-state index contributed by atoms with van der Waals surface area (Å²) in [6, 6.07) is 0. The molecular weight excluding hydrogens is 156 g/mol. The molecule has 0 aromatic rings. The van der Waals surface area contributed by atoms with Gasteiger partial charge in [0.2, 0.25) is 0 Å². The Balaban J connectivity index is 2.50. The van der Waals surface area contributed by atoms with Gasteiger partial charge >= 0.3 is 0 Å². The van der Waals surface area contributed by atoms with Crippen molar-refractivity contribution in [2.75, 3.05) is 6.61 Å². The fourth-order valence-corrected chi connectivity index (χ4v) is 1.11. The Labute approximate surface area is 51.5 Å². The summed E-state index contributed by atoms with van der Waals surface area (Å²) in [7, 11) is 0. The van der Waals surface area contributed by atoms with E-state index in [0.717, 1.165) is 6.61 Å². The van der Waals surface area contributed by atoms with Crippen LogP contribution in [0.3, 0.4) is 0 Å². The summed E-state index contributed by atoms with van der Waals surface area (Å²) in [6.07, 6.45) is 2.06. The molecule has 1 atom stereocenters. The lowest BCUT2D eigenvalue weighted by molar-refractivity contribution is 0.189. The van der Waals surface area contributed by atoms with Crippen LogP contribution in [-0.4, -0.2) is 11.6 Å². The maximum Gasteiger partial charge on any atom is 0.131 e. The van der Waals surface area contributed by atoms with E-state index < -0.39 is 0 Å². The summed E-state index contributed by atoms with van der Waals surface area (Å²) in [5.41, 5.74) is 1.31. The Morgan fingerprint density at radius 1 is 2.00 bits per heavy atom. The van der Waals surface area contributed by atoms with Gasteiger partial charge in [0.25, 0.3) is 0 Å². The molecule has 0 spiro atoms. The molecule has 0 saturated heterocycles. The van der Waals surface area contributed by atoms with E-state index in [1.807, 2.05) is 0 Å². The molecule has 1 aliphatic rings. The van der Waals surface area contributed by atoms with Crippen molar-refractivity contribution in [2.45, 2.75) is 11.9 Å². The average molecular weight is 163 g/mol. The predicted molar refractivity (Wildman–Crippen MR) is 32.4 cm³/mol. The highest BCUT2D eigenvalue weighted by Gasteiger charge is 2.07. The van der Waals surface area contributed by atoms with Crippen LogP contribution in [0.15, 0.2) is 11.6 Å². The van der Waals surface area contributed by atoms with Crippen molar-refractivity contribution < 1.29 is 4.74 Å². The minimum atomic E-state index is 0.174. The van der Waals surface area contributed by atoms with E-state index in [9.17, 15) is 0 Å². The zero-order valence-electron chi connectivity index (χ0n) is 4.15. The SMILES string of the molecule is CC1=CC(Br)OC1. The van der Waals surface area contributed by atoms with E-state index in [0.29, 0.717) is 0 Å². The highest BCUT2D eigenvalue weighted by Crippen LogP contribution is 2.14. The summed E-state index contributed by atoms with van der Waals surface area (Å²) in [4.78, 5) is 0. The molecule has 1 aliphatic heterocycles. The molecule has 0 amide bonds. The molecule has 1 nitrogen and oxygen atoms in total. The largest absolute Gasteiger partial charge is 0.359 e. The van der Waals surface area contributed by atoms with Crippen LogP contribution in [-0.2, 0) is 4.74 Å². The Morgan fingerprint density at radius 3 is 2.86 bits per heavy atom. The van der Waals surface area contributed by atoms with Crippen LogP contribution >= 0.6 is 15.9 Å². The first-order valence-corrected chi connectivity index (χ1v) is 3.13. The van der Waals surface area contributed by atoms with Gasteiger partial charge in [0.15, 0.2) is 0 Å². The van der Waals surface area contributed by atoms with Gasteiger partial charge < -0.3 is 4.74 Å². The molecule has 0 bridgehead atoms.